The van der Waals surface area contributed by atoms with Gasteiger partial charge in [0, 0.05) is 31.7 Å². The summed E-state index contributed by atoms with van der Waals surface area (Å²) in [5.41, 5.74) is 2.34. The summed E-state index contributed by atoms with van der Waals surface area (Å²) in [5, 5.41) is 3.30. The van der Waals surface area contributed by atoms with Crippen LogP contribution in [0.5, 0.6) is 0 Å². The van der Waals surface area contributed by atoms with Gasteiger partial charge < -0.3 is 9.64 Å². The molecule has 0 aliphatic carbocycles. The minimum Gasteiger partial charge on any atom is -0.450 e. The zero-order chi connectivity index (χ0) is 24.3. The first-order valence-corrected chi connectivity index (χ1v) is 13.3. The van der Waals surface area contributed by atoms with Gasteiger partial charge in [-0.1, -0.05) is 30.4 Å². The zero-order valence-electron chi connectivity index (χ0n) is 19.0. The molecule has 0 unspecified atom stereocenters. The molecule has 0 bridgehead atoms. The van der Waals surface area contributed by atoms with E-state index in [1.807, 2.05) is 18.2 Å². The fourth-order valence-electron chi connectivity index (χ4n) is 3.77. The molecule has 0 atom stereocenters. The van der Waals surface area contributed by atoms with E-state index in [1.54, 1.807) is 6.92 Å². The number of aryl methyl sites for hydroxylation is 1. The van der Waals surface area contributed by atoms with Crippen LogP contribution in [-0.4, -0.2) is 67.4 Å². The van der Waals surface area contributed by atoms with Crippen molar-refractivity contribution in [1.29, 1.82) is 0 Å². The Balaban J connectivity index is 1.42. The number of hydrogen-bond donors (Lipinski definition) is 1. The third-order valence-electron chi connectivity index (χ3n) is 5.62. The average Bonchev–Trinajstić information content (AvgIpc) is 3.27. The Morgan fingerprint density at radius 2 is 1.76 bits per heavy atom. The second-order valence-electron chi connectivity index (χ2n) is 7.71. The van der Waals surface area contributed by atoms with Crippen molar-refractivity contribution >= 4 is 48.7 Å². The number of benzene rings is 2. The first kappa shape index (κ1) is 24.1. The molecular formula is C23H26N4O5S2. The van der Waals surface area contributed by atoms with E-state index < -0.39 is 16.1 Å². The summed E-state index contributed by atoms with van der Waals surface area (Å²) in [6.45, 7) is 4.95. The van der Waals surface area contributed by atoms with Crippen molar-refractivity contribution in [2.75, 3.05) is 38.1 Å². The number of rotatable bonds is 6. The molecule has 0 radical (unpaired) electrons. The van der Waals surface area contributed by atoms with Crippen LogP contribution in [0.3, 0.4) is 0 Å². The van der Waals surface area contributed by atoms with E-state index in [1.165, 1.54) is 44.8 Å². The number of piperazine rings is 1. The smallest absolute Gasteiger partial charge is 0.409 e. The van der Waals surface area contributed by atoms with Crippen LogP contribution in [0.25, 0.3) is 10.2 Å². The average molecular weight is 503 g/mol. The Hall–Kier alpha value is -3.02. The second kappa shape index (κ2) is 10.1. The van der Waals surface area contributed by atoms with E-state index in [-0.39, 0.29) is 43.6 Å². The number of aromatic nitrogens is 1. The van der Waals surface area contributed by atoms with Crippen molar-refractivity contribution in [2.24, 2.45) is 0 Å². The van der Waals surface area contributed by atoms with Crippen molar-refractivity contribution < 1.29 is 22.7 Å². The molecule has 1 saturated heterocycles. The molecule has 4 rings (SSSR count). The fraction of sp³-hybridized carbons (Fsp3) is 0.348. The Labute approximate surface area is 202 Å². The highest BCUT2D eigenvalue weighted by Crippen LogP contribution is 2.29. The molecule has 9 nitrogen and oxygen atoms in total. The van der Waals surface area contributed by atoms with Gasteiger partial charge in [-0.15, -0.1) is 0 Å². The summed E-state index contributed by atoms with van der Waals surface area (Å²) in [7, 11) is -3.74. The van der Waals surface area contributed by atoms with Gasteiger partial charge in [0.05, 0.1) is 21.7 Å². The number of sulfonamides is 1. The molecule has 1 aromatic heterocycles. The number of nitrogens with one attached hydrogen (secondary N) is 1. The number of carbonyl (C=O) groups excluding carboxylic acids is 2. The second-order valence-corrected chi connectivity index (χ2v) is 10.7. The van der Waals surface area contributed by atoms with Gasteiger partial charge in [0.25, 0.3) is 5.91 Å². The minimum absolute atomic E-state index is 0.0983. The van der Waals surface area contributed by atoms with Crippen molar-refractivity contribution in [2.45, 2.75) is 25.2 Å². The first-order chi connectivity index (χ1) is 16.3. The van der Waals surface area contributed by atoms with E-state index in [9.17, 15) is 18.0 Å². The van der Waals surface area contributed by atoms with Gasteiger partial charge in [0.15, 0.2) is 5.13 Å². The van der Waals surface area contributed by atoms with Crippen LogP contribution in [0.4, 0.5) is 9.93 Å². The standard InChI is InChI=1S/C23H26N4O5S2/c1-3-16-6-5-7-19-20(16)24-22(33-19)25-21(28)17-8-10-18(11-9-17)34(30,31)27-14-12-26(13-15-27)23(29)32-4-2/h5-11H,3-4,12-15H2,1-2H3,(H,24,25,28). The number of amides is 2. The van der Waals surface area contributed by atoms with Crippen LogP contribution in [0.15, 0.2) is 47.4 Å². The Morgan fingerprint density at radius 3 is 2.41 bits per heavy atom. The van der Waals surface area contributed by atoms with E-state index in [2.05, 4.69) is 17.2 Å². The van der Waals surface area contributed by atoms with Gasteiger partial charge in [-0.25, -0.2) is 18.2 Å². The zero-order valence-corrected chi connectivity index (χ0v) is 20.6. The lowest BCUT2D eigenvalue weighted by molar-refractivity contribution is 0.0933. The van der Waals surface area contributed by atoms with Gasteiger partial charge in [-0.2, -0.15) is 4.31 Å². The first-order valence-electron chi connectivity index (χ1n) is 11.0. The molecule has 180 valence electrons. The number of para-hydroxylation sites is 1. The Bertz CT molecular complexity index is 1300. The highest BCUT2D eigenvalue weighted by Gasteiger charge is 2.30. The molecule has 2 aromatic carbocycles. The molecule has 2 amide bonds. The van der Waals surface area contributed by atoms with E-state index in [4.69, 9.17) is 4.74 Å². The van der Waals surface area contributed by atoms with Crippen LogP contribution in [0.2, 0.25) is 0 Å². The molecular weight excluding hydrogens is 476 g/mol. The lowest BCUT2D eigenvalue weighted by Crippen LogP contribution is -2.50. The third-order valence-corrected chi connectivity index (χ3v) is 8.47. The lowest BCUT2D eigenvalue weighted by Gasteiger charge is -2.33. The maximum absolute atomic E-state index is 13.0. The predicted octanol–water partition coefficient (Wildman–Crippen LogP) is 3.57. The number of ether oxygens (including phenoxy) is 1. The summed E-state index contributed by atoms with van der Waals surface area (Å²) in [6, 6.07) is 11.8. The normalized spacial score (nSPS) is 14.8. The molecule has 3 aromatic rings. The van der Waals surface area contributed by atoms with E-state index >= 15 is 0 Å². The number of thiazole rings is 1. The molecule has 1 fully saturated rings. The van der Waals surface area contributed by atoms with Crippen LogP contribution >= 0.6 is 11.3 Å². The van der Waals surface area contributed by atoms with Crippen molar-refractivity contribution in [1.82, 2.24) is 14.2 Å². The topological polar surface area (TPSA) is 109 Å². The highest BCUT2D eigenvalue weighted by atomic mass is 32.2. The fourth-order valence-corrected chi connectivity index (χ4v) is 6.10. The number of hydrogen-bond acceptors (Lipinski definition) is 7. The SMILES string of the molecule is CCOC(=O)N1CCN(S(=O)(=O)c2ccc(C(=O)Nc3nc4c(CC)cccc4s3)cc2)CC1. The van der Waals surface area contributed by atoms with E-state index in [0.717, 1.165) is 22.2 Å². The summed E-state index contributed by atoms with van der Waals surface area (Å²) < 4.78 is 33.3. The largest absolute Gasteiger partial charge is 0.450 e. The minimum atomic E-state index is -3.74. The van der Waals surface area contributed by atoms with Crippen LogP contribution in [0, 0.1) is 0 Å². The molecule has 2 heterocycles. The predicted molar refractivity (Wildman–Crippen MR) is 131 cm³/mol. The quantitative estimate of drug-likeness (QED) is 0.552. The van der Waals surface area contributed by atoms with Crippen molar-refractivity contribution in [3.05, 3.63) is 53.6 Å². The number of carbonyl (C=O) groups is 2. The summed E-state index contributed by atoms with van der Waals surface area (Å²) in [4.78, 5) is 30.7. The molecule has 1 aliphatic heterocycles. The monoisotopic (exact) mass is 502 g/mol. The van der Waals surface area contributed by atoms with E-state index in [0.29, 0.717) is 10.7 Å². The summed E-state index contributed by atoms with van der Waals surface area (Å²) >= 11 is 1.40. The van der Waals surface area contributed by atoms with Crippen molar-refractivity contribution in [3.8, 4) is 0 Å². The van der Waals surface area contributed by atoms with Gasteiger partial charge in [0.2, 0.25) is 10.0 Å². The summed E-state index contributed by atoms with van der Waals surface area (Å²) in [5.74, 6) is -0.357. The summed E-state index contributed by atoms with van der Waals surface area (Å²) in [6.07, 6.45) is 0.413. The Morgan fingerprint density at radius 1 is 1.06 bits per heavy atom. The molecule has 11 heteroatoms. The number of anilines is 1. The molecule has 34 heavy (non-hydrogen) atoms. The highest BCUT2D eigenvalue weighted by molar-refractivity contribution is 7.89. The molecule has 0 spiro atoms. The third kappa shape index (κ3) is 4.91. The maximum atomic E-state index is 13.0. The number of nitrogens with zero attached hydrogens (tertiary/aromatic N) is 3. The van der Waals surface area contributed by atoms with Crippen molar-refractivity contribution in [3.63, 3.8) is 0 Å². The van der Waals surface area contributed by atoms with Crippen LogP contribution in [0.1, 0.15) is 29.8 Å². The van der Waals surface area contributed by atoms with Gasteiger partial charge in [-0.3, -0.25) is 10.1 Å². The lowest BCUT2D eigenvalue weighted by atomic mass is 10.1. The van der Waals surface area contributed by atoms with Crippen LogP contribution < -0.4 is 5.32 Å². The Kier molecular flexibility index (Phi) is 7.15. The van der Waals surface area contributed by atoms with Gasteiger partial charge >= 0.3 is 6.09 Å². The molecule has 1 aliphatic rings. The molecule has 0 saturated carbocycles. The molecule has 1 N–H and O–H groups in total. The number of fused-ring (bicyclic) bond motifs is 1. The van der Waals surface area contributed by atoms with Gasteiger partial charge in [0.1, 0.15) is 0 Å². The van der Waals surface area contributed by atoms with Crippen LogP contribution in [-0.2, 0) is 21.2 Å². The van der Waals surface area contributed by atoms with Gasteiger partial charge in [-0.05, 0) is 49.2 Å². The maximum Gasteiger partial charge on any atom is 0.409 e.